The lowest BCUT2D eigenvalue weighted by molar-refractivity contribution is -0.267. The second-order valence-electron chi connectivity index (χ2n) is 2.83. The Hall–Kier alpha value is -1.23. The summed E-state index contributed by atoms with van der Waals surface area (Å²) in [4.78, 5) is 11.0. The van der Waals surface area contributed by atoms with Crippen LogP contribution in [0.15, 0.2) is 24.3 Å². The molecule has 0 heterocycles. The maximum atomic E-state index is 11.0. The highest BCUT2D eigenvalue weighted by atomic mass is 16.7. The number of hydrogen-bond acceptors (Lipinski definition) is 4. The van der Waals surface area contributed by atoms with Crippen LogP contribution in [0.5, 0.6) is 0 Å². The van der Waals surface area contributed by atoms with Crippen molar-refractivity contribution in [3.63, 3.8) is 0 Å². The number of aryl methyl sites for hydroxylation is 1. The largest absolute Gasteiger partial charge is 0.344 e. The van der Waals surface area contributed by atoms with E-state index in [9.17, 15) is 4.79 Å². The Morgan fingerprint density at radius 2 is 1.62 bits per heavy atom. The maximum absolute atomic E-state index is 11.0. The molecule has 4 nitrogen and oxygen atoms in total. The maximum Gasteiger partial charge on any atom is 0.344 e. The minimum Gasteiger partial charge on any atom is -0.337 e. The number of ketones is 1. The van der Waals surface area contributed by atoms with Crippen molar-refractivity contribution in [3.05, 3.63) is 35.4 Å². The van der Waals surface area contributed by atoms with Crippen molar-refractivity contribution in [1.29, 1.82) is 0 Å². The molecule has 70 valence electrons. The van der Waals surface area contributed by atoms with Gasteiger partial charge >= 0.3 is 5.97 Å². The first kappa shape index (κ1) is 9.85. The van der Waals surface area contributed by atoms with Crippen molar-refractivity contribution in [2.75, 3.05) is 0 Å². The van der Waals surface area contributed by atoms with Gasteiger partial charge in [-0.05, 0) is 6.92 Å². The van der Waals surface area contributed by atoms with E-state index in [1.807, 2.05) is 6.92 Å². The fraction of sp³-hybridized carbons (Fsp3) is 0.222. The highest BCUT2D eigenvalue weighted by molar-refractivity contribution is 5.99. The fourth-order valence-corrected chi connectivity index (χ4v) is 0.899. The van der Waals surface area contributed by atoms with Crippen molar-refractivity contribution in [1.82, 2.24) is 0 Å². The summed E-state index contributed by atoms with van der Waals surface area (Å²) in [5, 5.41) is 25.7. The number of carbonyl (C=O) groups excluding carboxylic acids is 1. The van der Waals surface area contributed by atoms with Crippen molar-refractivity contribution < 1.29 is 20.1 Å². The van der Waals surface area contributed by atoms with Gasteiger partial charge in [-0.25, -0.2) is 0 Å². The lowest BCUT2D eigenvalue weighted by Crippen LogP contribution is -2.37. The molecule has 1 rings (SSSR count). The summed E-state index contributed by atoms with van der Waals surface area (Å²) in [6.45, 7) is 1.83. The number of carbonyl (C=O) groups is 1. The third-order valence-electron chi connectivity index (χ3n) is 1.62. The van der Waals surface area contributed by atoms with Crippen molar-refractivity contribution in [2.45, 2.75) is 12.9 Å². The molecule has 0 aliphatic rings. The number of aliphatic hydroxyl groups is 3. The number of Topliss-reactive ketones (excluding diaryl/α,β-unsaturated/α-hetero) is 1. The van der Waals surface area contributed by atoms with Gasteiger partial charge in [0.05, 0.1) is 0 Å². The molecule has 0 spiro atoms. The lowest BCUT2D eigenvalue weighted by atomic mass is 10.1. The highest BCUT2D eigenvalue weighted by Crippen LogP contribution is 2.09. The Kier molecular flexibility index (Phi) is 2.47. The van der Waals surface area contributed by atoms with Crippen LogP contribution < -0.4 is 0 Å². The van der Waals surface area contributed by atoms with Crippen LogP contribution in [-0.2, 0) is 0 Å². The number of hydrogen-bond donors (Lipinski definition) is 3. The van der Waals surface area contributed by atoms with E-state index in [2.05, 4.69) is 0 Å². The molecule has 0 unspecified atom stereocenters. The minimum atomic E-state index is -3.28. The van der Waals surface area contributed by atoms with Gasteiger partial charge in [-0.1, -0.05) is 29.8 Å². The molecule has 0 amide bonds. The monoisotopic (exact) mass is 182 g/mol. The summed E-state index contributed by atoms with van der Waals surface area (Å²) in [5.41, 5.74) is 0.995. The van der Waals surface area contributed by atoms with Crippen LogP contribution in [-0.4, -0.2) is 27.1 Å². The first-order chi connectivity index (χ1) is 5.91. The van der Waals surface area contributed by atoms with Gasteiger partial charge in [0.25, 0.3) is 5.78 Å². The predicted octanol–water partition coefficient (Wildman–Crippen LogP) is -0.192. The third-order valence-corrected chi connectivity index (χ3v) is 1.62. The van der Waals surface area contributed by atoms with Gasteiger partial charge in [0.2, 0.25) is 0 Å². The van der Waals surface area contributed by atoms with E-state index in [-0.39, 0.29) is 5.56 Å². The molecular weight excluding hydrogens is 172 g/mol. The van der Waals surface area contributed by atoms with Crippen molar-refractivity contribution in [2.24, 2.45) is 0 Å². The zero-order valence-corrected chi connectivity index (χ0v) is 7.06. The van der Waals surface area contributed by atoms with E-state index in [1.165, 1.54) is 12.1 Å². The summed E-state index contributed by atoms with van der Waals surface area (Å²) in [5.74, 6) is -4.41. The SMILES string of the molecule is Cc1ccc(C(=O)C(O)(O)O)cc1. The van der Waals surface area contributed by atoms with E-state index in [1.54, 1.807) is 12.1 Å². The van der Waals surface area contributed by atoms with E-state index in [0.717, 1.165) is 5.56 Å². The number of rotatable bonds is 2. The van der Waals surface area contributed by atoms with E-state index < -0.39 is 11.8 Å². The van der Waals surface area contributed by atoms with Crippen LogP contribution in [0.4, 0.5) is 0 Å². The van der Waals surface area contributed by atoms with E-state index >= 15 is 0 Å². The molecule has 0 saturated heterocycles. The Bertz CT molecular complexity index is 307. The van der Waals surface area contributed by atoms with Gasteiger partial charge in [-0.2, -0.15) is 0 Å². The second kappa shape index (κ2) is 3.26. The predicted molar refractivity (Wildman–Crippen MR) is 44.9 cm³/mol. The van der Waals surface area contributed by atoms with E-state index in [4.69, 9.17) is 15.3 Å². The average Bonchev–Trinajstić information content (AvgIpc) is 2.03. The van der Waals surface area contributed by atoms with Gasteiger partial charge in [0.15, 0.2) is 0 Å². The van der Waals surface area contributed by atoms with Crippen molar-refractivity contribution in [3.8, 4) is 0 Å². The number of benzene rings is 1. The van der Waals surface area contributed by atoms with Crippen LogP contribution in [0.2, 0.25) is 0 Å². The van der Waals surface area contributed by atoms with Crippen LogP contribution in [0.25, 0.3) is 0 Å². The quantitative estimate of drug-likeness (QED) is 0.437. The molecule has 4 heteroatoms. The van der Waals surface area contributed by atoms with Crippen LogP contribution >= 0.6 is 0 Å². The fourth-order valence-electron chi connectivity index (χ4n) is 0.899. The molecule has 0 aliphatic heterocycles. The molecule has 13 heavy (non-hydrogen) atoms. The van der Waals surface area contributed by atoms with Gasteiger partial charge in [0.1, 0.15) is 0 Å². The van der Waals surface area contributed by atoms with Crippen molar-refractivity contribution >= 4 is 5.78 Å². The molecular formula is C9H10O4. The molecule has 0 fully saturated rings. The molecule has 3 N–H and O–H groups in total. The normalized spacial score (nSPS) is 11.4. The van der Waals surface area contributed by atoms with Crippen LogP contribution in [0.3, 0.4) is 0 Å². The third kappa shape index (κ3) is 2.35. The summed E-state index contributed by atoms with van der Waals surface area (Å²) >= 11 is 0. The summed E-state index contributed by atoms with van der Waals surface area (Å²) in [6, 6.07) is 6.10. The standard InChI is InChI=1S/C9H10O4/c1-6-2-4-7(5-3-6)8(10)9(11,12)13/h2-5,11-13H,1H3. The molecule has 0 aliphatic carbocycles. The zero-order valence-electron chi connectivity index (χ0n) is 7.06. The molecule has 0 atom stereocenters. The average molecular weight is 182 g/mol. The van der Waals surface area contributed by atoms with Gasteiger partial charge in [-0.3, -0.25) is 4.79 Å². The second-order valence-corrected chi connectivity index (χ2v) is 2.83. The topological polar surface area (TPSA) is 77.8 Å². The summed E-state index contributed by atoms with van der Waals surface area (Å²) in [6.07, 6.45) is 0. The summed E-state index contributed by atoms with van der Waals surface area (Å²) in [7, 11) is 0. The first-order valence-electron chi connectivity index (χ1n) is 3.70. The van der Waals surface area contributed by atoms with Gasteiger partial charge < -0.3 is 15.3 Å². The Balaban J connectivity index is 2.97. The molecule has 1 aromatic carbocycles. The van der Waals surface area contributed by atoms with Gasteiger partial charge in [-0.15, -0.1) is 0 Å². The smallest absolute Gasteiger partial charge is 0.337 e. The minimum absolute atomic E-state index is 0.0538. The van der Waals surface area contributed by atoms with E-state index in [0.29, 0.717) is 0 Å². The molecule has 0 saturated carbocycles. The Morgan fingerprint density at radius 3 is 2.00 bits per heavy atom. The molecule has 0 aromatic heterocycles. The van der Waals surface area contributed by atoms with Gasteiger partial charge in [0, 0.05) is 5.56 Å². The molecule has 0 radical (unpaired) electrons. The first-order valence-corrected chi connectivity index (χ1v) is 3.70. The zero-order chi connectivity index (χ0) is 10.1. The Labute approximate surface area is 75.1 Å². The lowest BCUT2D eigenvalue weighted by Gasteiger charge is -2.11. The van der Waals surface area contributed by atoms with Crippen LogP contribution in [0, 0.1) is 6.92 Å². The van der Waals surface area contributed by atoms with Crippen LogP contribution in [0.1, 0.15) is 15.9 Å². The Morgan fingerprint density at radius 1 is 1.15 bits per heavy atom. The molecule has 1 aromatic rings. The summed E-state index contributed by atoms with van der Waals surface area (Å²) < 4.78 is 0. The molecule has 0 bridgehead atoms. The highest BCUT2D eigenvalue weighted by Gasteiger charge is 2.30.